The number of fused-ring (bicyclic) bond motifs is 2. The first-order valence-corrected chi connectivity index (χ1v) is 13.0. The molecular weight excluding hydrogens is 466 g/mol. The molecule has 1 N–H and O–H groups in total. The van der Waals surface area contributed by atoms with Crippen LogP contribution in [0.15, 0.2) is 54.9 Å². The summed E-state index contributed by atoms with van der Waals surface area (Å²) in [6.45, 7) is 3.91. The number of nitrogens with one attached hydrogen (secondary N) is 1. The average molecular weight is 496 g/mol. The lowest BCUT2D eigenvalue weighted by Gasteiger charge is -2.15. The highest BCUT2D eigenvalue weighted by molar-refractivity contribution is 5.93. The number of carbonyl (C=O) groups is 1. The molecule has 1 amide bonds. The molecule has 8 nitrogen and oxygen atoms in total. The molecule has 188 valence electrons. The molecule has 6 rings (SSSR count). The first-order valence-electron chi connectivity index (χ1n) is 13.0. The van der Waals surface area contributed by atoms with Gasteiger partial charge in [-0.3, -0.25) is 9.55 Å². The third kappa shape index (κ3) is 5.09. The van der Waals surface area contributed by atoms with Gasteiger partial charge < -0.3 is 19.7 Å². The number of likely N-dealkylation sites (tertiary alicyclic amines) is 1. The summed E-state index contributed by atoms with van der Waals surface area (Å²) >= 11 is 0. The van der Waals surface area contributed by atoms with Crippen LogP contribution in [0.5, 0.6) is 17.2 Å². The van der Waals surface area contributed by atoms with Gasteiger partial charge in [-0.1, -0.05) is 0 Å². The first kappa shape index (κ1) is 23.3. The average Bonchev–Trinajstić information content (AvgIpc) is 3.38. The molecule has 8 heteroatoms. The largest absolute Gasteiger partial charge is 0.492 e. The van der Waals surface area contributed by atoms with Crippen molar-refractivity contribution in [3.05, 3.63) is 60.4 Å². The van der Waals surface area contributed by atoms with E-state index in [1.165, 1.54) is 25.9 Å². The highest BCUT2D eigenvalue weighted by Crippen LogP contribution is 2.34. The van der Waals surface area contributed by atoms with Crippen LogP contribution in [0, 0.1) is 11.3 Å². The predicted molar refractivity (Wildman–Crippen MR) is 141 cm³/mol. The van der Waals surface area contributed by atoms with Gasteiger partial charge in [-0.2, -0.15) is 5.26 Å². The maximum Gasteiger partial charge on any atom is 0.326 e. The molecule has 3 heterocycles. The Morgan fingerprint density at radius 1 is 1.11 bits per heavy atom. The van der Waals surface area contributed by atoms with Crippen LogP contribution < -0.4 is 14.8 Å². The fourth-order valence-electron chi connectivity index (χ4n) is 4.88. The lowest BCUT2D eigenvalue weighted by Crippen LogP contribution is -2.29. The Kier molecular flexibility index (Phi) is 6.37. The highest BCUT2D eigenvalue weighted by Gasteiger charge is 2.24. The summed E-state index contributed by atoms with van der Waals surface area (Å²) in [6.07, 6.45) is 9.03. The summed E-state index contributed by atoms with van der Waals surface area (Å²) in [5, 5.41) is 14.4. The van der Waals surface area contributed by atoms with Crippen molar-refractivity contribution in [1.82, 2.24) is 19.8 Å². The van der Waals surface area contributed by atoms with Gasteiger partial charge in [0.2, 0.25) is 0 Å². The summed E-state index contributed by atoms with van der Waals surface area (Å²) in [6, 6.07) is 15.4. The number of benzene rings is 2. The molecule has 0 spiro atoms. The standard InChI is InChI=1S/C29H29N5O3/c30-19-21-17-24-25(18-28(21)36-15-3-13-33-11-1-2-12-33)31-10-8-27(24)37-23-6-7-26-20(16-23)9-14-34(26)29(35)32-22-4-5-22/h6-10,14,16-18,22H,1-5,11-13,15H2,(H,32,35). The second-order valence-corrected chi connectivity index (χ2v) is 9.77. The van der Waals surface area contributed by atoms with E-state index in [9.17, 15) is 10.1 Å². The third-order valence-corrected chi connectivity index (χ3v) is 7.01. The van der Waals surface area contributed by atoms with E-state index < -0.39 is 0 Å². The molecule has 2 aromatic heterocycles. The van der Waals surface area contributed by atoms with Crippen molar-refractivity contribution in [3.63, 3.8) is 0 Å². The van der Waals surface area contributed by atoms with Gasteiger partial charge in [-0.25, -0.2) is 4.79 Å². The molecule has 2 aliphatic rings. The summed E-state index contributed by atoms with van der Waals surface area (Å²) in [5.41, 5.74) is 1.99. The van der Waals surface area contributed by atoms with E-state index in [1.54, 1.807) is 29.1 Å². The molecule has 0 atom stereocenters. The number of aromatic nitrogens is 2. The zero-order valence-electron chi connectivity index (χ0n) is 20.7. The Morgan fingerprint density at radius 3 is 2.78 bits per heavy atom. The summed E-state index contributed by atoms with van der Waals surface area (Å²) in [4.78, 5) is 19.4. The van der Waals surface area contributed by atoms with Crippen molar-refractivity contribution >= 4 is 27.8 Å². The van der Waals surface area contributed by atoms with E-state index in [0.717, 1.165) is 42.1 Å². The van der Waals surface area contributed by atoms with E-state index >= 15 is 0 Å². The Hall–Kier alpha value is -4.09. The molecule has 2 fully saturated rings. The molecular formula is C29H29N5O3. The van der Waals surface area contributed by atoms with Gasteiger partial charge in [0.1, 0.15) is 23.3 Å². The number of nitriles is 1. The minimum Gasteiger partial charge on any atom is -0.492 e. The lowest BCUT2D eigenvalue weighted by atomic mass is 10.1. The van der Waals surface area contributed by atoms with E-state index in [4.69, 9.17) is 9.47 Å². The quantitative estimate of drug-likeness (QED) is 0.327. The van der Waals surface area contributed by atoms with E-state index in [-0.39, 0.29) is 6.03 Å². The van der Waals surface area contributed by atoms with E-state index in [0.29, 0.717) is 41.0 Å². The van der Waals surface area contributed by atoms with Crippen molar-refractivity contribution in [2.45, 2.75) is 38.1 Å². The fourth-order valence-corrected chi connectivity index (χ4v) is 4.88. The third-order valence-electron chi connectivity index (χ3n) is 7.01. The van der Waals surface area contributed by atoms with E-state index in [2.05, 4.69) is 21.3 Å². The maximum atomic E-state index is 12.5. The number of ether oxygens (including phenoxy) is 2. The minimum atomic E-state index is -0.107. The number of hydrogen-bond donors (Lipinski definition) is 1. The van der Waals surface area contributed by atoms with Crippen LogP contribution in [0.3, 0.4) is 0 Å². The number of pyridine rings is 1. The number of rotatable bonds is 8. The van der Waals surface area contributed by atoms with Gasteiger partial charge in [-0.05, 0) is 81.6 Å². The molecule has 37 heavy (non-hydrogen) atoms. The molecule has 1 aliphatic carbocycles. The summed E-state index contributed by atoms with van der Waals surface area (Å²) < 4.78 is 13.9. The molecule has 2 aromatic carbocycles. The zero-order chi connectivity index (χ0) is 25.2. The van der Waals surface area contributed by atoms with Gasteiger partial charge in [0.05, 0.1) is 23.2 Å². The molecule has 1 saturated heterocycles. The van der Waals surface area contributed by atoms with Crippen molar-refractivity contribution in [2.24, 2.45) is 0 Å². The number of carbonyl (C=O) groups excluding carboxylic acids is 1. The molecule has 0 unspecified atom stereocenters. The normalized spacial score (nSPS) is 15.6. The van der Waals surface area contributed by atoms with Crippen LogP contribution in [-0.4, -0.2) is 52.8 Å². The summed E-state index contributed by atoms with van der Waals surface area (Å²) in [7, 11) is 0. The van der Waals surface area contributed by atoms with Crippen LogP contribution in [0.1, 0.15) is 37.7 Å². The highest BCUT2D eigenvalue weighted by atomic mass is 16.5. The number of amides is 1. The zero-order valence-corrected chi connectivity index (χ0v) is 20.7. The van der Waals surface area contributed by atoms with E-state index in [1.807, 2.05) is 30.3 Å². The predicted octanol–water partition coefficient (Wildman–Crippen LogP) is 5.44. The van der Waals surface area contributed by atoms with Crippen LogP contribution in [0.4, 0.5) is 4.79 Å². The number of hydrogen-bond acceptors (Lipinski definition) is 6. The van der Waals surface area contributed by atoms with Crippen LogP contribution in [0.2, 0.25) is 0 Å². The van der Waals surface area contributed by atoms with Gasteiger partial charge in [0.15, 0.2) is 0 Å². The molecule has 1 aliphatic heterocycles. The maximum absolute atomic E-state index is 12.5. The monoisotopic (exact) mass is 495 g/mol. The molecule has 4 aromatic rings. The van der Waals surface area contributed by atoms with Crippen molar-refractivity contribution in [3.8, 4) is 23.3 Å². The lowest BCUT2D eigenvalue weighted by molar-refractivity contribution is 0.243. The molecule has 1 saturated carbocycles. The fraction of sp³-hybridized carbons (Fsp3) is 0.345. The Balaban J connectivity index is 1.19. The summed E-state index contributed by atoms with van der Waals surface area (Å²) in [5.74, 6) is 1.79. The van der Waals surface area contributed by atoms with Crippen molar-refractivity contribution in [2.75, 3.05) is 26.2 Å². The Morgan fingerprint density at radius 2 is 1.97 bits per heavy atom. The topological polar surface area (TPSA) is 92.4 Å². The van der Waals surface area contributed by atoms with Gasteiger partial charge in [0, 0.05) is 41.8 Å². The van der Waals surface area contributed by atoms with Crippen LogP contribution in [0.25, 0.3) is 21.8 Å². The second kappa shape index (κ2) is 10.1. The SMILES string of the molecule is N#Cc1cc2c(Oc3ccc4c(ccn4C(=O)NC4CC4)c3)ccnc2cc1OCCCN1CCCC1. The molecule has 0 radical (unpaired) electrons. The van der Waals surface area contributed by atoms with Gasteiger partial charge >= 0.3 is 6.03 Å². The smallest absolute Gasteiger partial charge is 0.326 e. The minimum absolute atomic E-state index is 0.107. The Labute approximate surface area is 215 Å². The number of nitrogens with zero attached hydrogens (tertiary/aromatic N) is 4. The van der Waals surface area contributed by atoms with Gasteiger partial charge in [0.25, 0.3) is 0 Å². The van der Waals surface area contributed by atoms with Crippen LogP contribution in [-0.2, 0) is 0 Å². The van der Waals surface area contributed by atoms with Gasteiger partial charge in [-0.15, -0.1) is 0 Å². The second-order valence-electron chi connectivity index (χ2n) is 9.77. The molecule has 0 bridgehead atoms. The van der Waals surface area contributed by atoms with Crippen molar-refractivity contribution < 1.29 is 14.3 Å². The first-order chi connectivity index (χ1) is 18.2. The van der Waals surface area contributed by atoms with Crippen molar-refractivity contribution in [1.29, 1.82) is 5.26 Å². The van der Waals surface area contributed by atoms with Crippen LogP contribution >= 0.6 is 0 Å². The Bertz CT molecular complexity index is 1490.